The molecule has 3 heteroatoms. The van der Waals surface area contributed by atoms with Gasteiger partial charge in [0.2, 0.25) is 0 Å². The minimum atomic E-state index is -0.280. The number of rotatable bonds is 2. The molecule has 0 N–H and O–H groups in total. The Morgan fingerprint density at radius 1 is 1.11 bits per heavy atom. The Morgan fingerprint density at radius 3 is 2.61 bits per heavy atom. The van der Waals surface area contributed by atoms with Crippen LogP contribution >= 0.6 is 0 Å². The first-order valence-electron chi connectivity index (χ1n) is 5.78. The van der Waals surface area contributed by atoms with Crippen molar-refractivity contribution in [1.29, 1.82) is 0 Å². The fraction of sp³-hybridized carbons (Fsp3) is 0.0667. The lowest BCUT2D eigenvalue weighted by atomic mass is 9.98. The van der Waals surface area contributed by atoms with Crippen LogP contribution in [-0.4, -0.2) is 4.92 Å². The molecule has 0 spiro atoms. The predicted molar refractivity (Wildman–Crippen MR) is 70.2 cm³/mol. The van der Waals surface area contributed by atoms with Gasteiger partial charge in [0.1, 0.15) is 0 Å². The van der Waals surface area contributed by atoms with E-state index in [1.54, 1.807) is 0 Å². The maximum Gasteiger partial charge on any atom is 0.280 e. The van der Waals surface area contributed by atoms with E-state index in [2.05, 4.69) is 0 Å². The Labute approximate surface area is 105 Å². The molecule has 0 saturated carbocycles. The molecule has 1 atom stereocenters. The highest BCUT2D eigenvalue weighted by molar-refractivity contribution is 5.82. The van der Waals surface area contributed by atoms with Gasteiger partial charge in [0.05, 0.1) is 10.5 Å². The molecule has 1 unspecified atom stereocenters. The molecule has 0 fully saturated rings. The molecule has 0 aliphatic heterocycles. The first-order chi connectivity index (χ1) is 8.77. The normalized spacial score (nSPS) is 20.9. The van der Waals surface area contributed by atoms with E-state index in [1.165, 1.54) is 0 Å². The van der Waals surface area contributed by atoms with Crippen molar-refractivity contribution >= 4 is 5.57 Å². The summed E-state index contributed by atoms with van der Waals surface area (Å²) in [6, 6.07) is 9.50. The van der Waals surface area contributed by atoms with Crippen molar-refractivity contribution in [3.8, 4) is 0 Å². The molecule has 3 nitrogen and oxygen atoms in total. The SMILES string of the molecule is O=[N+]([O-])C1=C2C=CC=CC2C=C1c1ccccc1. The van der Waals surface area contributed by atoms with Crippen LogP contribution in [0, 0.1) is 16.0 Å². The lowest BCUT2D eigenvalue weighted by Crippen LogP contribution is -2.03. The highest BCUT2D eigenvalue weighted by Crippen LogP contribution is 2.39. The molecule has 3 rings (SSSR count). The first-order valence-corrected chi connectivity index (χ1v) is 5.78. The first kappa shape index (κ1) is 10.7. The van der Waals surface area contributed by atoms with Crippen LogP contribution in [0.2, 0.25) is 0 Å². The second kappa shape index (κ2) is 4.11. The molecule has 0 bridgehead atoms. The van der Waals surface area contributed by atoms with Crippen LogP contribution < -0.4 is 0 Å². The summed E-state index contributed by atoms with van der Waals surface area (Å²) in [5, 5.41) is 11.3. The maximum atomic E-state index is 11.3. The van der Waals surface area contributed by atoms with Crippen molar-refractivity contribution in [2.24, 2.45) is 5.92 Å². The van der Waals surface area contributed by atoms with E-state index in [9.17, 15) is 10.1 Å². The van der Waals surface area contributed by atoms with Gasteiger partial charge in [0, 0.05) is 11.5 Å². The Kier molecular flexibility index (Phi) is 2.45. The van der Waals surface area contributed by atoms with Gasteiger partial charge in [-0.1, -0.05) is 60.7 Å². The summed E-state index contributed by atoms with van der Waals surface area (Å²) in [6.45, 7) is 0. The van der Waals surface area contributed by atoms with E-state index in [1.807, 2.05) is 60.7 Å². The van der Waals surface area contributed by atoms with Crippen molar-refractivity contribution in [3.63, 3.8) is 0 Å². The molecule has 0 amide bonds. The largest absolute Gasteiger partial charge is 0.280 e. The topological polar surface area (TPSA) is 43.1 Å². The molecule has 0 aromatic heterocycles. The zero-order valence-electron chi connectivity index (χ0n) is 9.61. The van der Waals surface area contributed by atoms with Crippen LogP contribution in [0.4, 0.5) is 0 Å². The fourth-order valence-corrected chi connectivity index (χ4v) is 2.41. The molecule has 0 radical (unpaired) electrons. The van der Waals surface area contributed by atoms with Crippen molar-refractivity contribution < 1.29 is 4.92 Å². The van der Waals surface area contributed by atoms with Crippen LogP contribution in [-0.2, 0) is 0 Å². The quantitative estimate of drug-likeness (QED) is 0.584. The molecule has 0 heterocycles. The van der Waals surface area contributed by atoms with E-state index in [-0.39, 0.29) is 16.5 Å². The average molecular weight is 237 g/mol. The number of hydrogen-bond acceptors (Lipinski definition) is 2. The van der Waals surface area contributed by atoms with Gasteiger partial charge >= 0.3 is 0 Å². The summed E-state index contributed by atoms with van der Waals surface area (Å²) in [7, 11) is 0. The van der Waals surface area contributed by atoms with Gasteiger partial charge in [-0.15, -0.1) is 0 Å². The van der Waals surface area contributed by atoms with Gasteiger partial charge in [-0.3, -0.25) is 10.1 Å². The molecule has 2 aliphatic carbocycles. The molecule has 2 aliphatic rings. The van der Waals surface area contributed by atoms with Gasteiger partial charge < -0.3 is 0 Å². The molecule has 1 aromatic carbocycles. The molecule has 1 aromatic rings. The standard InChI is InChI=1S/C15H11NO2/c17-16(18)15-13-9-5-4-8-12(13)10-14(15)11-6-2-1-3-7-11/h1-10,12H. The second-order valence-electron chi connectivity index (χ2n) is 4.28. The molecular formula is C15H11NO2. The lowest BCUT2D eigenvalue weighted by Gasteiger charge is -2.06. The Hall–Kier alpha value is -2.42. The fourth-order valence-electron chi connectivity index (χ4n) is 2.41. The third kappa shape index (κ3) is 1.61. The molecule has 18 heavy (non-hydrogen) atoms. The summed E-state index contributed by atoms with van der Waals surface area (Å²) < 4.78 is 0. The van der Waals surface area contributed by atoms with E-state index in [0.717, 1.165) is 16.7 Å². The minimum Gasteiger partial charge on any atom is -0.258 e. The lowest BCUT2D eigenvalue weighted by molar-refractivity contribution is -0.417. The number of hydrogen-bond donors (Lipinski definition) is 0. The van der Waals surface area contributed by atoms with E-state index >= 15 is 0 Å². The van der Waals surface area contributed by atoms with Crippen molar-refractivity contribution in [1.82, 2.24) is 0 Å². The van der Waals surface area contributed by atoms with Crippen molar-refractivity contribution in [2.75, 3.05) is 0 Å². The van der Waals surface area contributed by atoms with Crippen LogP contribution in [0.5, 0.6) is 0 Å². The van der Waals surface area contributed by atoms with E-state index < -0.39 is 0 Å². The summed E-state index contributed by atoms with van der Waals surface area (Å²) >= 11 is 0. The third-order valence-electron chi connectivity index (χ3n) is 3.21. The predicted octanol–water partition coefficient (Wildman–Crippen LogP) is 3.36. The Bertz CT molecular complexity index is 621. The summed E-state index contributed by atoms with van der Waals surface area (Å²) in [5.41, 5.74) is 2.62. The monoisotopic (exact) mass is 237 g/mol. The van der Waals surface area contributed by atoms with Crippen molar-refractivity contribution in [3.05, 3.63) is 87.7 Å². The van der Waals surface area contributed by atoms with Gasteiger partial charge in [-0.05, 0) is 5.56 Å². The van der Waals surface area contributed by atoms with Crippen LogP contribution in [0.15, 0.2) is 72.0 Å². The van der Waals surface area contributed by atoms with Crippen LogP contribution in [0.3, 0.4) is 0 Å². The molecular weight excluding hydrogens is 226 g/mol. The van der Waals surface area contributed by atoms with E-state index in [4.69, 9.17) is 0 Å². The van der Waals surface area contributed by atoms with Gasteiger partial charge in [0.15, 0.2) is 0 Å². The van der Waals surface area contributed by atoms with Crippen LogP contribution in [0.1, 0.15) is 5.56 Å². The number of allylic oxidation sites excluding steroid dienone is 7. The maximum absolute atomic E-state index is 11.3. The summed E-state index contributed by atoms with van der Waals surface area (Å²) in [5.74, 6) is 0.0330. The van der Waals surface area contributed by atoms with Gasteiger partial charge in [0.25, 0.3) is 5.70 Å². The second-order valence-corrected chi connectivity index (χ2v) is 4.28. The number of nitro groups is 1. The van der Waals surface area contributed by atoms with Crippen molar-refractivity contribution in [2.45, 2.75) is 0 Å². The minimum absolute atomic E-state index is 0.0330. The molecule has 88 valence electrons. The highest BCUT2D eigenvalue weighted by Gasteiger charge is 2.33. The van der Waals surface area contributed by atoms with E-state index in [0.29, 0.717) is 0 Å². The number of fused-ring (bicyclic) bond motifs is 1. The smallest absolute Gasteiger partial charge is 0.258 e. The Balaban J connectivity index is 2.16. The summed E-state index contributed by atoms with van der Waals surface area (Å²) in [6.07, 6.45) is 9.54. The average Bonchev–Trinajstić information content (AvgIpc) is 2.79. The zero-order chi connectivity index (χ0) is 12.5. The number of benzene rings is 1. The summed E-state index contributed by atoms with van der Waals surface area (Å²) in [4.78, 5) is 11.0. The third-order valence-corrected chi connectivity index (χ3v) is 3.21. The Morgan fingerprint density at radius 2 is 1.89 bits per heavy atom. The molecule has 0 saturated heterocycles. The van der Waals surface area contributed by atoms with Gasteiger partial charge in [-0.2, -0.15) is 0 Å². The zero-order valence-corrected chi connectivity index (χ0v) is 9.61. The highest BCUT2D eigenvalue weighted by atomic mass is 16.6. The number of nitrogens with zero attached hydrogens (tertiary/aromatic N) is 1. The van der Waals surface area contributed by atoms with Gasteiger partial charge in [-0.25, -0.2) is 0 Å². The van der Waals surface area contributed by atoms with Crippen LogP contribution in [0.25, 0.3) is 5.57 Å².